The molecule has 3 aliphatic rings. The molecule has 2 aromatic rings. The summed E-state index contributed by atoms with van der Waals surface area (Å²) in [6.07, 6.45) is 5.95. The van der Waals surface area contributed by atoms with E-state index in [2.05, 4.69) is 51.5 Å². The predicted octanol–water partition coefficient (Wildman–Crippen LogP) is 3.89. The predicted molar refractivity (Wildman–Crippen MR) is 136 cm³/mol. The molecular formula is C28H36N4O2. The number of likely N-dealkylation sites (tertiary alicyclic amines) is 1. The number of nitrogens with two attached hydrogens (primary N) is 1. The van der Waals surface area contributed by atoms with Gasteiger partial charge in [0.25, 0.3) is 0 Å². The van der Waals surface area contributed by atoms with Crippen LogP contribution >= 0.6 is 0 Å². The monoisotopic (exact) mass is 460 g/mol. The van der Waals surface area contributed by atoms with Crippen LogP contribution in [0.5, 0.6) is 0 Å². The molecule has 2 aromatic carbocycles. The van der Waals surface area contributed by atoms with E-state index >= 15 is 0 Å². The molecule has 3 N–H and O–H groups in total. The molecule has 0 bridgehead atoms. The molecule has 3 aliphatic heterocycles. The van der Waals surface area contributed by atoms with Crippen molar-refractivity contribution in [2.24, 2.45) is 5.92 Å². The lowest BCUT2D eigenvalue weighted by molar-refractivity contribution is -0.134. The molecule has 0 aliphatic carbocycles. The van der Waals surface area contributed by atoms with Crippen LogP contribution in [-0.2, 0) is 9.59 Å². The van der Waals surface area contributed by atoms with Gasteiger partial charge in [0.05, 0.1) is 5.92 Å². The quantitative estimate of drug-likeness (QED) is 0.523. The van der Waals surface area contributed by atoms with E-state index in [1.54, 1.807) is 0 Å². The molecule has 2 amide bonds. The molecule has 1 atom stereocenters. The van der Waals surface area contributed by atoms with Gasteiger partial charge >= 0.3 is 0 Å². The van der Waals surface area contributed by atoms with Crippen molar-refractivity contribution in [2.45, 2.75) is 50.4 Å². The van der Waals surface area contributed by atoms with Gasteiger partial charge in [-0.25, -0.2) is 0 Å². The lowest BCUT2D eigenvalue weighted by atomic mass is 9.85. The van der Waals surface area contributed by atoms with Gasteiger partial charge in [0.15, 0.2) is 0 Å². The second-order valence-electron chi connectivity index (χ2n) is 10.3. The number of piperidine rings is 3. The number of benzene rings is 2. The van der Waals surface area contributed by atoms with Gasteiger partial charge in [0, 0.05) is 37.4 Å². The molecule has 3 heterocycles. The Balaban J connectivity index is 1.07. The zero-order chi connectivity index (χ0) is 23.5. The normalized spacial score (nSPS) is 23.2. The Bertz CT molecular complexity index is 988. The summed E-state index contributed by atoms with van der Waals surface area (Å²) < 4.78 is 0. The minimum Gasteiger partial charge on any atom is -0.399 e. The minimum absolute atomic E-state index is 0.156. The molecule has 6 heteroatoms. The third kappa shape index (κ3) is 5.27. The number of nitrogens with one attached hydrogen (secondary N) is 1. The van der Waals surface area contributed by atoms with E-state index in [1.165, 1.54) is 43.5 Å². The Morgan fingerprint density at radius 2 is 1.44 bits per heavy atom. The van der Waals surface area contributed by atoms with Crippen molar-refractivity contribution in [3.05, 3.63) is 59.7 Å². The number of carbonyl (C=O) groups excluding carboxylic acids is 2. The van der Waals surface area contributed by atoms with E-state index in [-0.39, 0.29) is 17.7 Å². The summed E-state index contributed by atoms with van der Waals surface area (Å²) in [6.45, 7) is 5.81. The van der Waals surface area contributed by atoms with Crippen molar-refractivity contribution in [3.63, 3.8) is 0 Å². The summed E-state index contributed by atoms with van der Waals surface area (Å²) >= 11 is 0. The third-order valence-corrected chi connectivity index (χ3v) is 8.03. The lowest BCUT2D eigenvalue weighted by Crippen LogP contribution is -2.41. The fraction of sp³-hybridized carbons (Fsp3) is 0.500. The SMILES string of the molecule is Nc1ccc(N2CCC(CN3CCC(c4ccc(C5CCC(=O)NC5=O)cc4)CC3)CC2)cc1. The molecule has 180 valence electrons. The summed E-state index contributed by atoms with van der Waals surface area (Å²) in [5.41, 5.74) is 10.3. The summed E-state index contributed by atoms with van der Waals surface area (Å²) in [5, 5.41) is 2.47. The summed E-state index contributed by atoms with van der Waals surface area (Å²) in [6, 6.07) is 16.9. The lowest BCUT2D eigenvalue weighted by Gasteiger charge is -2.38. The molecule has 5 rings (SSSR count). The van der Waals surface area contributed by atoms with Crippen molar-refractivity contribution in [2.75, 3.05) is 43.4 Å². The van der Waals surface area contributed by atoms with Crippen molar-refractivity contribution in [1.29, 1.82) is 0 Å². The Morgan fingerprint density at radius 1 is 0.794 bits per heavy atom. The summed E-state index contributed by atoms with van der Waals surface area (Å²) in [7, 11) is 0. The third-order valence-electron chi connectivity index (χ3n) is 8.03. The average molecular weight is 461 g/mol. The molecule has 0 saturated carbocycles. The van der Waals surface area contributed by atoms with Gasteiger partial charge in [-0.3, -0.25) is 14.9 Å². The van der Waals surface area contributed by atoms with E-state index in [0.717, 1.165) is 43.3 Å². The van der Waals surface area contributed by atoms with Gasteiger partial charge in [-0.15, -0.1) is 0 Å². The van der Waals surface area contributed by atoms with E-state index < -0.39 is 0 Å². The van der Waals surface area contributed by atoms with Gasteiger partial charge in [-0.2, -0.15) is 0 Å². The molecule has 34 heavy (non-hydrogen) atoms. The molecule has 3 saturated heterocycles. The van der Waals surface area contributed by atoms with E-state index in [4.69, 9.17) is 5.73 Å². The number of nitrogen functional groups attached to an aromatic ring is 1. The van der Waals surface area contributed by atoms with Crippen molar-refractivity contribution < 1.29 is 9.59 Å². The van der Waals surface area contributed by atoms with Crippen LogP contribution in [-0.4, -0.2) is 49.4 Å². The average Bonchev–Trinajstić information content (AvgIpc) is 2.86. The Kier molecular flexibility index (Phi) is 6.86. The van der Waals surface area contributed by atoms with Crippen LogP contribution in [0.3, 0.4) is 0 Å². The fourth-order valence-corrected chi connectivity index (χ4v) is 5.88. The largest absolute Gasteiger partial charge is 0.399 e. The molecule has 6 nitrogen and oxygen atoms in total. The van der Waals surface area contributed by atoms with Crippen molar-refractivity contribution in [1.82, 2.24) is 10.2 Å². The minimum atomic E-state index is -0.194. The number of hydrogen-bond acceptors (Lipinski definition) is 5. The number of hydrogen-bond donors (Lipinski definition) is 2. The van der Waals surface area contributed by atoms with Crippen LogP contribution in [0.25, 0.3) is 0 Å². The van der Waals surface area contributed by atoms with Crippen molar-refractivity contribution in [3.8, 4) is 0 Å². The fourth-order valence-electron chi connectivity index (χ4n) is 5.88. The van der Waals surface area contributed by atoms with Gasteiger partial charge in [-0.1, -0.05) is 24.3 Å². The Labute approximate surface area is 202 Å². The van der Waals surface area contributed by atoms with E-state index in [0.29, 0.717) is 18.8 Å². The topological polar surface area (TPSA) is 78.7 Å². The number of carbonyl (C=O) groups is 2. The highest BCUT2D eigenvalue weighted by molar-refractivity contribution is 6.00. The van der Waals surface area contributed by atoms with Crippen LogP contribution in [0.4, 0.5) is 11.4 Å². The van der Waals surface area contributed by atoms with Crippen LogP contribution in [0.15, 0.2) is 48.5 Å². The summed E-state index contributed by atoms with van der Waals surface area (Å²) in [5.74, 6) is 0.877. The van der Waals surface area contributed by atoms with Gasteiger partial charge in [-0.05, 0) is 92.4 Å². The van der Waals surface area contributed by atoms with Crippen molar-refractivity contribution >= 4 is 23.2 Å². The smallest absolute Gasteiger partial charge is 0.234 e. The van der Waals surface area contributed by atoms with Gasteiger partial charge < -0.3 is 15.5 Å². The van der Waals surface area contributed by atoms with Gasteiger partial charge in [0.2, 0.25) is 11.8 Å². The van der Waals surface area contributed by atoms with E-state index in [1.807, 2.05) is 12.1 Å². The standard InChI is InChI=1S/C28H36N4O2/c29-24-5-7-25(8-6-24)32-17-11-20(12-18-32)19-31-15-13-22(14-16-31)21-1-3-23(4-2-21)26-9-10-27(33)30-28(26)34/h1-8,20,22,26H,9-19,29H2,(H,30,33,34). The maximum absolute atomic E-state index is 12.1. The molecular weight excluding hydrogens is 424 g/mol. The Morgan fingerprint density at radius 3 is 2.09 bits per heavy atom. The molecule has 3 fully saturated rings. The van der Waals surface area contributed by atoms with Gasteiger partial charge in [0.1, 0.15) is 0 Å². The summed E-state index contributed by atoms with van der Waals surface area (Å²) in [4.78, 5) is 28.7. The zero-order valence-corrected chi connectivity index (χ0v) is 19.9. The first-order valence-electron chi connectivity index (χ1n) is 12.8. The second-order valence-corrected chi connectivity index (χ2v) is 10.3. The number of amides is 2. The molecule has 0 aromatic heterocycles. The van der Waals surface area contributed by atoms with Crippen LogP contribution < -0.4 is 16.0 Å². The first-order valence-corrected chi connectivity index (χ1v) is 12.8. The second kappa shape index (κ2) is 10.2. The number of rotatable bonds is 5. The molecule has 0 radical (unpaired) electrons. The maximum Gasteiger partial charge on any atom is 0.234 e. The first-order chi connectivity index (χ1) is 16.5. The van der Waals surface area contributed by atoms with E-state index in [9.17, 15) is 9.59 Å². The van der Waals surface area contributed by atoms with Crippen LogP contribution in [0, 0.1) is 5.92 Å². The number of anilines is 2. The number of nitrogens with zero attached hydrogens (tertiary/aromatic N) is 2. The van der Waals surface area contributed by atoms with Crippen LogP contribution in [0.2, 0.25) is 0 Å². The highest BCUT2D eigenvalue weighted by Crippen LogP contribution is 2.32. The molecule has 1 unspecified atom stereocenters. The maximum atomic E-state index is 12.1. The van der Waals surface area contributed by atoms with Crippen LogP contribution in [0.1, 0.15) is 61.5 Å². The molecule has 0 spiro atoms. The number of imide groups is 1. The zero-order valence-electron chi connectivity index (χ0n) is 19.9. The Hall–Kier alpha value is -2.86. The first kappa shape index (κ1) is 22.9. The highest BCUT2D eigenvalue weighted by Gasteiger charge is 2.29. The highest BCUT2D eigenvalue weighted by atomic mass is 16.2.